The van der Waals surface area contributed by atoms with E-state index in [1.54, 1.807) is 4.90 Å². The van der Waals surface area contributed by atoms with Crippen LogP contribution >= 0.6 is 0 Å². The smallest absolute Gasteiger partial charge is 0.410 e. The lowest BCUT2D eigenvalue weighted by Crippen LogP contribution is -2.37. The molecule has 0 bridgehead atoms. The molecule has 1 aromatic rings. The molecule has 0 aromatic heterocycles. The van der Waals surface area contributed by atoms with Crippen molar-refractivity contribution in [1.29, 1.82) is 0 Å². The molecule has 1 N–H and O–H groups in total. The molecule has 1 amide bonds. The lowest BCUT2D eigenvalue weighted by atomic mass is 10.3. The quantitative estimate of drug-likeness (QED) is 0.773. The average Bonchev–Trinajstić information content (AvgIpc) is 2.77. The number of benzene rings is 1. The van der Waals surface area contributed by atoms with Crippen molar-refractivity contribution in [3.05, 3.63) is 30.3 Å². The predicted octanol–water partition coefficient (Wildman–Crippen LogP) is 1.27. The summed E-state index contributed by atoms with van der Waals surface area (Å²) in [5.74, 6) is 0.820. The minimum Gasteiger partial charge on any atom is -0.494 e. The van der Waals surface area contributed by atoms with Gasteiger partial charge in [-0.2, -0.15) is 0 Å². The molecule has 1 saturated heterocycles. The molecule has 1 aromatic carbocycles. The van der Waals surface area contributed by atoms with Crippen molar-refractivity contribution >= 4 is 6.09 Å². The van der Waals surface area contributed by atoms with Crippen molar-refractivity contribution in [3.8, 4) is 5.75 Å². The van der Waals surface area contributed by atoms with Crippen molar-refractivity contribution in [2.75, 3.05) is 26.4 Å². The predicted molar refractivity (Wildman–Crippen MR) is 65.5 cm³/mol. The molecule has 1 unspecified atom stereocenters. The van der Waals surface area contributed by atoms with Gasteiger partial charge in [0.15, 0.2) is 0 Å². The van der Waals surface area contributed by atoms with E-state index in [0.29, 0.717) is 19.6 Å². The number of aliphatic hydroxyl groups excluding tert-OH is 1. The second kappa shape index (κ2) is 6.26. The Bertz CT molecular complexity index is 382. The molecule has 5 nitrogen and oxygen atoms in total. The number of carbonyl (C=O) groups is 1. The lowest BCUT2D eigenvalue weighted by Gasteiger charge is -2.19. The normalized spacial score (nSPS) is 18.8. The molecule has 1 aliphatic heterocycles. The Kier molecular flexibility index (Phi) is 4.41. The summed E-state index contributed by atoms with van der Waals surface area (Å²) in [6, 6.07) is 9.32. The Morgan fingerprint density at radius 3 is 2.89 bits per heavy atom. The molecule has 1 atom stereocenters. The largest absolute Gasteiger partial charge is 0.494 e. The van der Waals surface area contributed by atoms with Gasteiger partial charge in [0.25, 0.3) is 0 Å². The summed E-state index contributed by atoms with van der Waals surface area (Å²) < 4.78 is 10.4. The Balaban J connectivity index is 1.70. The lowest BCUT2D eigenvalue weighted by molar-refractivity contribution is 0.149. The van der Waals surface area contributed by atoms with Gasteiger partial charge in [-0.25, -0.2) is 4.79 Å². The average molecular weight is 251 g/mol. The van der Waals surface area contributed by atoms with Gasteiger partial charge in [0.2, 0.25) is 0 Å². The molecule has 0 saturated carbocycles. The molecular formula is C13H17NO4. The Labute approximate surface area is 106 Å². The molecule has 1 fully saturated rings. The molecular weight excluding hydrogens is 234 g/mol. The number of amides is 1. The van der Waals surface area contributed by atoms with E-state index in [2.05, 4.69) is 0 Å². The standard InChI is InChI=1S/C13H17NO4/c15-9-11-10-18-13(16)14(11)7-4-8-17-12-5-2-1-3-6-12/h1-3,5-6,11,15H,4,7-10H2. The molecule has 2 rings (SSSR count). The third kappa shape index (κ3) is 3.13. The van der Waals surface area contributed by atoms with E-state index in [0.717, 1.165) is 5.75 Å². The first-order chi connectivity index (χ1) is 8.81. The van der Waals surface area contributed by atoms with E-state index in [9.17, 15) is 4.79 Å². The van der Waals surface area contributed by atoms with E-state index in [1.165, 1.54) is 0 Å². The number of para-hydroxylation sites is 1. The van der Waals surface area contributed by atoms with Crippen molar-refractivity contribution in [2.24, 2.45) is 0 Å². The number of ether oxygens (including phenoxy) is 2. The third-order valence-corrected chi connectivity index (χ3v) is 2.84. The van der Waals surface area contributed by atoms with Gasteiger partial charge in [-0.3, -0.25) is 4.90 Å². The van der Waals surface area contributed by atoms with Crippen LogP contribution in [0.3, 0.4) is 0 Å². The maximum atomic E-state index is 11.4. The van der Waals surface area contributed by atoms with Gasteiger partial charge in [0, 0.05) is 6.54 Å². The van der Waals surface area contributed by atoms with E-state index in [1.807, 2.05) is 30.3 Å². The summed E-state index contributed by atoms with van der Waals surface area (Å²) in [6.07, 6.45) is 0.356. The van der Waals surface area contributed by atoms with Crippen LogP contribution in [0.2, 0.25) is 0 Å². The highest BCUT2D eigenvalue weighted by atomic mass is 16.6. The maximum Gasteiger partial charge on any atom is 0.410 e. The second-order valence-corrected chi connectivity index (χ2v) is 4.12. The summed E-state index contributed by atoms with van der Waals surface area (Å²) in [6.45, 7) is 1.28. The number of rotatable bonds is 6. The zero-order chi connectivity index (χ0) is 12.8. The van der Waals surface area contributed by atoms with Gasteiger partial charge in [-0.15, -0.1) is 0 Å². The molecule has 1 aliphatic rings. The van der Waals surface area contributed by atoms with E-state index in [4.69, 9.17) is 14.6 Å². The molecule has 0 aliphatic carbocycles. The van der Waals surface area contributed by atoms with E-state index >= 15 is 0 Å². The van der Waals surface area contributed by atoms with Crippen LogP contribution in [0.25, 0.3) is 0 Å². The number of aliphatic hydroxyl groups is 1. The summed E-state index contributed by atoms with van der Waals surface area (Å²) in [5.41, 5.74) is 0. The zero-order valence-corrected chi connectivity index (χ0v) is 10.1. The maximum absolute atomic E-state index is 11.4. The topological polar surface area (TPSA) is 59.0 Å². The summed E-state index contributed by atoms with van der Waals surface area (Å²) in [7, 11) is 0. The number of cyclic esters (lactones) is 1. The van der Waals surface area contributed by atoms with Gasteiger partial charge in [-0.05, 0) is 18.6 Å². The van der Waals surface area contributed by atoms with Gasteiger partial charge in [0.05, 0.1) is 19.3 Å². The van der Waals surface area contributed by atoms with Gasteiger partial charge in [0.1, 0.15) is 12.4 Å². The molecule has 0 spiro atoms. The number of hydrogen-bond acceptors (Lipinski definition) is 4. The minimum absolute atomic E-state index is 0.0642. The van der Waals surface area contributed by atoms with Crippen molar-refractivity contribution < 1.29 is 19.4 Å². The number of nitrogens with zero attached hydrogens (tertiary/aromatic N) is 1. The fraction of sp³-hybridized carbons (Fsp3) is 0.462. The van der Waals surface area contributed by atoms with E-state index < -0.39 is 0 Å². The molecule has 5 heteroatoms. The summed E-state index contributed by atoms with van der Waals surface area (Å²) in [4.78, 5) is 12.9. The second-order valence-electron chi connectivity index (χ2n) is 4.12. The van der Waals surface area contributed by atoms with Crippen LogP contribution in [0.15, 0.2) is 30.3 Å². The molecule has 18 heavy (non-hydrogen) atoms. The Morgan fingerprint density at radius 1 is 1.39 bits per heavy atom. The van der Waals surface area contributed by atoms with E-state index in [-0.39, 0.29) is 25.3 Å². The first kappa shape index (κ1) is 12.7. The van der Waals surface area contributed by atoms with Crippen LogP contribution in [-0.4, -0.2) is 48.5 Å². The first-order valence-corrected chi connectivity index (χ1v) is 6.03. The fourth-order valence-corrected chi connectivity index (χ4v) is 1.86. The number of hydrogen-bond donors (Lipinski definition) is 1. The summed E-state index contributed by atoms with van der Waals surface area (Å²) in [5, 5.41) is 9.08. The van der Waals surface area contributed by atoms with Crippen LogP contribution in [0.1, 0.15) is 6.42 Å². The highest BCUT2D eigenvalue weighted by Gasteiger charge is 2.31. The highest BCUT2D eigenvalue weighted by molar-refractivity contribution is 5.70. The monoisotopic (exact) mass is 251 g/mol. The van der Waals surface area contributed by atoms with Gasteiger partial charge < -0.3 is 14.6 Å². The molecule has 98 valence electrons. The van der Waals surface area contributed by atoms with Crippen molar-refractivity contribution in [3.63, 3.8) is 0 Å². The van der Waals surface area contributed by atoms with Crippen LogP contribution in [0.4, 0.5) is 4.79 Å². The minimum atomic E-state index is -0.353. The fourth-order valence-electron chi connectivity index (χ4n) is 1.86. The highest BCUT2D eigenvalue weighted by Crippen LogP contribution is 2.13. The zero-order valence-electron chi connectivity index (χ0n) is 10.1. The van der Waals surface area contributed by atoms with Gasteiger partial charge >= 0.3 is 6.09 Å². The van der Waals surface area contributed by atoms with Crippen LogP contribution in [0.5, 0.6) is 5.75 Å². The molecule has 1 heterocycles. The Hall–Kier alpha value is -1.75. The SMILES string of the molecule is O=C1OCC(CO)N1CCCOc1ccccc1. The van der Waals surface area contributed by atoms with Crippen LogP contribution < -0.4 is 4.74 Å². The number of carbonyl (C=O) groups excluding carboxylic acids is 1. The Morgan fingerprint density at radius 2 is 2.17 bits per heavy atom. The first-order valence-electron chi connectivity index (χ1n) is 6.03. The molecule has 0 radical (unpaired) electrons. The van der Waals surface area contributed by atoms with Crippen molar-refractivity contribution in [1.82, 2.24) is 4.90 Å². The van der Waals surface area contributed by atoms with Crippen LogP contribution in [-0.2, 0) is 4.74 Å². The van der Waals surface area contributed by atoms with Gasteiger partial charge in [-0.1, -0.05) is 18.2 Å². The summed E-state index contributed by atoms with van der Waals surface area (Å²) >= 11 is 0. The van der Waals surface area contributed by atoms with Crippen molar-refractivity contribution in [2.45, 2.75) is 12.5 Å². The third-order valence-electron chi connectivity index (χ3n) is 2.84. The van der Waals surface area contributed by atoms with Crippen LogP contribution in [0, 0.1) is 0 Å².